The first-order valence-corrected chi connectivity index (χ1v) is 6.78. The molecule has 2 aliphatic carbocycles. The van der Waals surface area contributed by atoms with E-state index in [1.54, 1.807) is 0 Å². The van der Waals surface area contributed by atoms with Gasteiger partial charge in [-0.2, -0.15) is 0 Å². The fourth-order valence-corrected chi connectivity index (χ4v) is 3.71. The second-order valence-corrected chi connectivity index (χ2v) is 6.20. The average molecular weight is 266 g/mol. The van der Waals surface area contributed by atoms with Gasteiger partial charge in [0, 0.05) is 23.1 Å². The summed E-state index contributed by atoms with van der Waals surface area (Å²) >= 11 is 3.85. The molecule has 0 amide bonds. The van der Waals surface area contributed by atoms with Crippen molar-refractivity contribution in [3.05, 3.63) is 30.1 Å². The molecular weight excluding hydrogens is 250 g/mol. The number of halogens is 1. The minimum atomic E-state index is 0.639. The monoisotopic (exact) mass is 265 g/mol. The summed E-state index contributed by atoms with van der Waals surface area (Å²) in [5.41, 5.74) is 1.22. The molecule has 0 saturated heterocycles. The van der Waals surface area contributed by atoms with E-state index >= 15 is 0 Å². The van der Waals surface area contributed by atoms with Crippen molar-refractivity contribution in [3.63, 3.8) is 0 Å². The number of rotatable bonds is 3. The van der Waals surface area contributed by atoms with Crippen LogP contribution in [0.2, 0.25) is 0 Å². The number of nitrogens with zero attached hydrogens (tertiary/aromatic N) is 1. The Morgan fingerprint density at radius 1 is 1.27 bits per heavy atom. The van der Waals surface area contributed by atoms with Crippen molar-refractivity contribution in [1.82, 2.24) is 4.98 Å². The van der Waals surface area contributed by atoms with Gasteiger partial charge in [-0.3, -0.25) is 4.98 Å². The molecule has 0 radical (unpaired) electrons. The Hall–Kier alpha value is -0.370. The van der Waals surface area contributed by atoms with Crippen LogP contribution < -0.4 is 0 Å². The molecule has 1 heterocycles. The molecule has 0 aliphatic heterocycles. The summed E-state index contributed by atoms with van der Waals surface area (Å²) < 4.78 is 0. The lowest BCUT2D eigenvalue weighted by molar-refractivity contribution is 0.469. The average Bonchev–Trinajstić information content (AvgIpc) is 2.87. The molecule has 0 spiro atoms. The van der Waals surface area contributed by atoms with Crippen LogP contribution in [0.15, 0.2) is 24.4 Å². The molecule has 2 aliphatic rings. The van der Waals surface area contributed by atoms with Crippen LogP contribution in [-0.2, 0) is 6.42 Å². The molecule has 1 aromatic heterocycles. The van der Waals surface area contributed by atoms with E-state index in [4.69, 9.17) is 0 Å². The Kier molecular flexibility index (Phi) is 2.55. The highest BCUT2D eigenvalue weighted by Gasteiger charge is 2.47. The molecule has 0 bridgehead atoms. The maximum absolute atomic E-state index is 4.39. The number of fused-ring (bicyclic) bond motifs is 1. The van der Waals surface area contributed by atoms with Crippen LogP contribution in [0.5, 0.6) is 0 Å². The van der Waals surface area contributed by atoms with E-state index in [0.717, 1.165) is 24.2 Å². The van der Waals surface area contributed by atoms with Gasteiger partial charge in [-0.25, -0.2) is 0 Å². The normalized spacial score (nSPS) is 34.9. The van der Waals surface area contributed by atoms with Crippen LogP contribution in [0.3, 0.4) is 0 Å². The summed E-state index contributed by atoms with van der Waals surface area (Å²) in [7, 11) is 0. The van der Waals surface area contributed by atoms with Crippen LogP contribution in [0.4, 0.5) is 0 Å². The van der Waals surface area contributed by atoms with Gasteiger partial charge in [-0.05, 0) is 49.1 Å². The molecule has 2 heteroatoms. The quantitative estimate of drug-likeness (QED) is 0.764. The van der Waals surface area contributed by atoms with Gasteiger partial charge in [0.25, 0.3) is 0 Å². The molecule has 0 aromatic carbocycles. The lowest BCUT2D eigenvalue weighted by Crippen LogP contribution is -2.16. The highest BCUT2D eigenvalue weighted by molar-refractivity contribution is 9.09. The summed E-state index contributed by atoms with van der Waals surface area (Å²) in [6.07, 6.45) is 7.40. The molecule has 15 heavy (non-hydrogen) atoms. The van der Waals surface area contributed by atoms with Crippen molar-refractivity contribution in [2.24, 2.45) is 17.8 Å². The molecule has 2 fully saturated rings. The smallest absolute Gasteiger partial charge is 0.0414 e. The second-order valence-electron chi connectivity index (χ2n) is 5.03. The fraction of sp³-hybridized carbons (Fsp3) is 0.615. The number of aromatic nitrogens is 1. The molecular formula is C13H16BrN. The number of hydrogen-bond acceptors (Lipinski definition) is 1. The van der Waals surface area contributed by atoms with Gasteiger partial charge in [0.1, 0.15) is 0 Å². The second kappa shape index (κ2) is 3.89. The maximum Gasteiger partial charge on any atom is 0.0414 e. The molecule has 1 aromatic rings. The third kappa shape index (κ3) is 2.10. The Morgan fingerprint density at radius 3 is 2.73 bits per heavy atom. The van der Waals surface area contributed by atoms with Crippen molar-refractivity contribution in [1.29, 1.82) is 0 Å². The minimum absolute atomic E-state index is 0.639. The van der Waals surface area contributed by atoms with Crippen LogP contribution in [-0.4, -0.2) is 9.81 Å². The lowest BCUT2D eigenvalue weighted by Gasteiger charge is -2.18. The van der Waals surface area contributed by atoms with Crippen molar-refractivity contribution < 1.29 is 0 Å². The highest BCUT2D eigenvalue weighted by atomic mass is 79.9. The van der Waals surface area contributed by atoms with E-state index in [1.807, 2.05) is 12.3 Å². The third-order valence-corrected chi connectivity index (χ3v) is 4.99. The van der Waals surface area contributed by atoms with Crippen molar-refractivity contribution in [3.8, 4) is 0 Å². The van der Waals surface area contributed by atoms with Gasteiger partial charge >= 0.3 is 0 Å². The van der Waals surface area contributed by atoms with Crippen molar-refractivity contribution in [2.75, 3.05) is 0 Å². The van der Waals surface area contributed by atoms with E-state index in [-0.39, 0.29) is 0 Å². The predicted octanol–water partition coefficient (Wildman–Crippen LogP) is 3.43. The first kappa shape index (κ1) is 9.83. The van der Waals surface area contributed by atoms with Crippen LogP contribution in [0.25, 0.3) is 0 Å². The summed E-state index contributed by atoms with van der Waals surface area (Å²) in [4.78, 5) is 5.03. The Balaban J connectivity index is 1.59. The summed E-state index contributed by atoms with van der Waals surface area (Å²) in [5.74, 6) is 3.06. The standard InChI is InChI=1S/C13H16BrN/c14-13(8-12-3-1-2-4-15-12)11-6-9-5-10(9)7-11/h1-4,9-11,13H,5-8H2. The number of hydrogen-bond donors (Lipinski definition) is 0. The Labute approximate surface area is 99.4 Å². The SMILES string of the molecule is BrC(Cc1ccccn1)C1CC2CC2C1. The van der Waals surface area contributed by atoms with E-state index in [0.29, 0.717) is 4.83 Å². The number of alkyl halides is 1. The van der Waals surface area contributed by atoms with Crippen LogP contribution >= 0.6 is 15.9 Å². The molecule has 0 N–H and O–H groups in total. The minimum Gasteiger partial charge on any atom is -0.261 e. The first-order valence-electron chi connectivity index (χ1n) is 5.87. The van der Waals surface area contributed by atoms with Gasteiger partial charge < -0.3 is 0 Å². The predicted molar refractivity (Wildman–Crippen MR) is 65.0 cm³/mol. The van der Waals surface area contributed by atoms with Crippen LogP contribution in [0, 0.1) is 17.8 Å². The zero-order chi connectivity index (χ0) is 10.3. The molecule has 2 saturated carbocycles. The van der Waals surface area contributed by atoms with Gasteiger partial charge in [-0.15, -0.1) is 0 Å². The summed E-state index contributed by atoms with van der Waals surface area (Å²) in [6, 6.07) is 6.19. The van der Waals surface area contributed by atoms with E-state index < -0.39 is 0 Å². The molecule has 3 rings (SSSR count). The zero-order valence-electron chi connectivity index (χ0n) is 8.77. The zero-order valence-corrected chi connectivity index (χ0v) is 10.4. The molecule has 80 valence electrons. The summed E-state index contributed by atoms with van der Waals surface area (Å²) in [6.45, 7) is 0. The van der Waals surface area contributed by atoms with Gasteiger partial charge in [-0.1, -0.05) is 22.0 Å². The van der Waals surface area contributed by atoms with Gasteiger partial charge in [0.15, 0.2) is 0 Å². The highest BCUT2D eigenvalue weighted by Crippen LogP contribution is 2.56. The van der Waals surface area contributed by atoms with Gasteiger partial charge in [0.05, 0.1) is 0 Å². The largest absolute Gasteiger partial charge is 0.261 e. The van der Waals surface area contributed by atoms with Crippen molar-refractivity contribution in [2.45, 2.75) is 30.5 Å². The van der Waals surface area contributed by atoms with Crippen molar-refractivity contribution >= 4 is 15.9 Å². The third-order valence-electron chi connectivity index (χ3n) is 3.92. The fourth-order valence-electron chi connectivity index (χ4n) is 2.94. The van der Waals surface area contributed by atoms with E-state index in [9.17, 15) is 0 Å². The number of pyridine rings is 1. The Morgan fingerprint density at radius 2 is 2.07 bits per heavy atom. The maximum atomic E-state index is 4.39. The van der Waals surface area contributed by atoms with Gasteiger partial charge in [0.2, 0.25) is 0 Å². The first-order chi connectivity index (χ1) is 7.33. The summed E-state index contributed by atoms with van der Waals surface area (Å²) in [5, 5.41) is 0. The lowest BCUT2D eigenvalue weighted by atomic mass is 9.96. The van der Waals surface area contributed by atoms with E-state index in [2.05, 4.69) is 33.0 Å². The Bertz CT molecular complexity index is 328. The van der Waals surface area contributed by atoms with E-state index in [1.165, 1.54) is 25.0 Å². The topological polar surface area (TPSA) is 12.9 Å². The molecule has 3 unspecified atom stereocenters. The molecule has 3 atom stereocenters. The van der Waals surface area contributed by atoms with Crippen LogP contribution in [0.1, 0.15) is 25.0 Å². The molecule has 1 nitrogen and oxygen atoms in total.